The minimum atomic E-state index is 1.09. The first-order chi connectivity index (χ1) is 60.5. The fourth-order valence-corrected chi connectivity index (χ4v) is 18.8. The van der Waals surface area contributed by atoms with Crippen LogP contribution in [0.1, 0.15) is 0 Å². The second-order valence-electron chi connectivity index (χ2n) is 31.6. The highest BCUT2D eigenvalue weighted by molar-refractivity contribution is 6.14. The highest BCUT2D eigenvalue weighted by atomic mass is 15.1. The first-order valence-electron chi connectivity index (χ1n) is 41.8. The zero-order valence-corrected chi connectivity index (χ0v) is 66.7. The van der Waals surface area contributed by atoms with Crippen molar-refractivity contribution in [2.45, 2.75) is 0 Å². The van der Waals surface area contributed by atoms with Crippen LogP contribution in [-0.4, -0.2) is 18.3 Å². The molecule has 0 aliphatic heterocycles. The third-order valence-electron chi connectivity index (χ3n) is 24.5. The predicted molar refractivity (Wildman–Crippen MR) is 516 cm³/mol. The van der Waals surface area contributed by atoms with Crippen LogP contribution in [0.2, 0.25) is 0 Å². The van der Waals surface area contributed by atoms with E-state index in [1.165, 1.54) is 148 Å². The number of fused-ring (bicyclic) bond motifs is 14. The van der Waals surface area contributed by atoms with Crippen LogP contribution in [0.5, 0.6) is 0 Å². The summed E-state index contributed by atoms with van der Waals surface area (Å²) in [6.07, 6.45) is 0. The normalized spacial score (nSPS) is 11.6. The van der Waals surface area contributed by atoms with Crippen LogP contribution in [-0.2, 0) is 0 Å². The number of benzene rings is 20. The minimum Gasteiger partial charge on any atom is -0.310 e. The maximum atomic E-state index is 2.42. The van der Waals surface area contributed by atoms with Gasteiger partial charge in [-0.3, -0.25) is 0 Å². The molecule has 6 nitrogen and oxygen atoms in total. The maximum absolute atomic E-state index is 2.42. The zero-order valence-electron chi connectivity index (χ0n) is 66.7. The summed E-state index contributed by atoms with van der Waals surface area (Å²) in [7, 11) is 0. The molecule has 0 atom stereocenters. The van der Waals surface area contributed by atoms with Crippen molar-refractivity contribution in [2.24, 2.45) is 0 Å². The lowest BCUT2D eigenvalue weighted by Gasteiger charge is -2.26. The van der Waals surface area contributed by atoms with Crippen LogP contribution in [0.25, 0.3) is 176 Å². The Labute approximate surface area is 706 Å². The molecule has 572 valence electrons. The molecule has 0 bridgehead atoms. The standard InChI is InChI=1S/C60H41N3.C56H37N3/c1-3-15-42(16-4-1)44-29-34-48(35-30-44)61(49-36-31-45(32-37-49)43-17-5-2-6-18-43)50-20-13-19-46(39-50)47-33-38-60-56(40-47)55-25-9-12-28-59(55)63(60)52-22-14-21-51(41-52)62-57-26-10-7-23-53(57)54-24-8-11-27-58(54)62;1-3-15-40-33-47(30-27-38(40)13-1)57(48-31-28-39-14-2-4-16-41(39)34-48)44-18-11-17-42(35-44)43-29-32-56-52(36-43)51-23-7-10-26-55(51)59(56)46-20-12-19-45(37-46)58-53-24-8-5-21-49(53)50-22-6-9-25-54(50)58/h1-41H;1-37H. The summed E-state index contributed by atoms with van der Waals surface area (Å²) in [5.74, 6) is 0. The molecule has 4 aromatic heterocycles. The summed E-state index contributed by atoms with van der Waals surface area (Å²) in [4.78, 5) is 4.75. The van der Waals surface area contributed by atoms with Crippen molar-refractivity contribution in [3.8, 4) is 67.3 Å². The van der Waals surface area contributed by atoms with Gasteiger partial charge in [0.1, 0.15) is 0 Å². The van der Waals surface area contributed by atoms with E-state index in [0.717, 1.165) is 62.4 Å². The van der Waals surface area contributed by atoms with E-state index in [4.69, 9.17) is 0 Å². The Bertz CT molecular complexity index is 7880. The number of nitrogens with zero attached hydrogens (tertiary/aromatic N) is 6. The summed E-state index contributed by atoms with van der Waals surface area (Å²) in [5, 5.41) is 14.9. The lowest BCUT2D eigenvalue weighted by molar-refractivity contribution is 1.13. The summed E-state index contributed by atoms with van der Waals surface area (Å²) in [5.41, 5.74) is 30.2. The fourth-order valence-electron chi connectivity index (χ4n) is 18.8. The summed E-state index contributed by atoms with van der Waals surface area (Å²) in [6, 6.07) is 172. The van der Waals surface area contributed by atoms with Gasteiger partial charge in [0.15, 0.2) is 0 Å². The van der Waals surface area contributed by atoms with E-state index in [9.17, 15) is 0 Å². The van der Waals surface area contributed by atoms with Gasteiger partial charge in [-0.25, -0.2) is 0 Å². The van der Waals surface area contributed by atoms with Crippen LogP contribution < -0.4 is 9.80 Å². The molecule has 24 aromatic rings. The van der Waals surface area contributed by atoms with E-state index in [0.29, 0.717) is 0 Å². The summed E-state index contributed by atoms with van der Waals surface area (Å²) >= 11 is 0. The third-order valence-corrected chi connectivity index (χ3v) is 24.5. The summed E-state index contributed by atoms with van der Waals surface area (Å²) < 4.78 is 9.63. The van der Waals surface area contributed by atoms with Crippen molar-refractivity contribution < 1.29 is 0 Å². The average Bonchev–Trinajstić information content (AvgIpc) is 1.58. The zero-order chi connectivity index (χ0) is 80.6. The van der Waals surface area contributed by atoms with Crippen LogP contribution in [0.3, 0.4) is 0 Å². The molecule has 0 fully saturated rings. The first-order valence-corrected chi connectivity index (χ1v) is 41.8. The van der Waals surface area contributed by atoms with E-state index in [1.54, 1.807) is 0 Å². The van der Waals surface area contributed by atoms with Gasteiger partial charge in [0.05, 0.1) is 44.1 Å². The van der Waals surface area contributed by atoms with Crippen LogP contribution in [0.15, 0.2) is 473 Å². The van der Waals surface area contributed by atoms with Crippen molar-refractivity contribution in [1.82, 2.24) is 18.3 Å². The van der Waals surface area contributed by atoms with Gasteiger partial charge in [-0.05, 0) is 236 Å². The SMILES string of the molecule is c1cc(-c2ccc3c(c2)c2ccccc2n3-c2cccc(-n3c4ccccc4c4ccccc43)c2)cc(N(c2ccc3ccccc3c2)c2ccc3ccccc3c2)c1.c1ccc(-c2ccc(N(c3ccc(-c4ccccc4)cc3)c3cccc(-c4ccc5c(c4)c4ccccc4n5-c4cccc(-n5c6ccccc6c6ccccc65)c4)c3)cc2)cc1. The second kappa shape index (κ2) is 30.0. The van der Waals surface area contributed by atoms with Gasteiger partial charge in [-0.15, -0.1) is 0 Å². The van der Waals surface area contributed by atoms with E-state index >= 15 is 0 Å². The van der Waals surface area contributed by atoms with Crippen molar-refractivity contribution in [3.05, 3.63) is 473 Å². The Hall–Kier alpha value is -16.3. The van der Waals surface area contributed by atoms with Gasteiger partial charge in [0, 0.05) is 100.0 Å². The quantitative estimate of drug-likeness (QED) is 0.108. The van der Waals surface area contributed by atoms with Crippen LogP contribution in [0, 0.1) is 0 Å². The highest BCUT2D eigenvalue weighted by Crippen LogP contribution is 2.46. The number of para-hydroxylation sites is 6. The maximum Gasteiger partial charge on any atom is 0.0541 e. The number of rotatable bonds is 14. The van der Waals surface area contributed by atoms with Gasteiger partial charge in [0.25, 0.3) is 0 Å². The van der Waals surface area contributed by atoms with Gasteiger partial charge < -0.3 is 28.1 Å². The van der Waals surface area contributed by atoms with Crippen molar-refractivity contribution in [3.63, 3.8) is 0 Å². The highest BCUT2D eigenvalue weighted by Gasteiger charge is 2.23. The largest absolute Gasteiger partial charge is 0.310 e. The van der Waals surface area contributed by atoms with Gasteiger partial charge in [0.2, 0.25) is 0 Å². The number of hydrogen-bond acceptors (Lipinski definition) is 2. The Morgan fingerprint density at radius 2 is 0.361 bits per heavy atom. The second-order valence-corrected chi connectivity index (χ2v) is 31.6. The molecule has 0 unspecified atom stereocenters. The molecular formula is C116H78N6. The van der Waals surface area contributed by atoms with Crippen molar-refractivity contribution in [2.75, 3.05) is 9.80 Å². The van der Waals surface area contributed by atoms with E-state index in [-0.39, 0.29) is 0 Å². The fraction of sp³-hybridized carbons (Fsp3) is 0. The molecule has 0 amide bonds. The predicted octanol–water partition coefficient (Wildman–Crippen LogP) is 31.7. The van der Waals surface area contributed by atoms with Gasteiger partial charge >= 0.3 is 0 Å². The molecule has 0 N–H and O–H groups in total. The summed E-state index contributed by atoms with van der Waals surface area (Å²) in [6.45, 7) is 0. The molecule has 0 spiro atoms. The molecule has 20 aromatic carbocycles. The minimum absolute atomic E-state index is 1.09. The van der Waals surface area contributed by atoms with E-state index in [1.807, 2.05) is 0 Å². The van der Waals surface area contributed by atoms with E-state index in [2.05, 4.69) is 501 Å². The molecule has 0 saturated carbocycles. The van der Waals surface area contributed by atoms with Crippen LogP contribution >= 0.6 is 0 Å². The smallest absolute Gasteiger partial charge is 0.0541 e. The van der Waals surface area contributed by atoms with Crippen LogP contribution in [0.4, 0.5) is 34.1 Å². The topological polar surface area (TPSA) is 26.2 Å². The molecule has 0 saturated heterocycles. The molecule has 0 radical (unpaired) electrons. The molecule has 24 rings (SSSR count). The Morgan fingerprint density at radius 1 is 0.123 bits per heavy atom. The monoisotopic (exact) mass is 1550 g/mol. The van der Waals surface area contributed by atoms with E-state index < -0.39 is 0 Å². The Balaban J connectivity index is 0.000000142. The Kier molecular flexibility index (Phi) is 17.5. The number of aromatic nitrogens is 4. The lowest BCUT2D eigenvalue weighted by atomic mass is 10.0. The molecule has 4 heterocycles. The average molecular weight is 1560 g/mol. The molecular weight excluding hydrogens is 1480 g/mol. The van der Waals surface area contributed by atoms with Crippen molar-refractivity contribution >= 4 is 143 Å². The molecule has 0 aliphatic rings. The third kappa shape index (κ3) is 12.5. The lowest BCUT2D eigenvalue weighted by Crippen LogP contribution is -2.10. The first kappa shape index (κ1) is 71.1. The number of hydrogen-bond donors (Lipinski definition) is 0. The number of anilines is 6. The molecule has 122 heavy (non-hydrogen) atoms. The van der Waals surface area contributed by atoms with Gasteiger partial charge in [-0.1, -0.05) is 303 Å². The Morgan fingerprint density at radius 3 is 0.713 bits per heavy atom. The van der Waals surface area contributed by atoms with Gasteiger partial charge in [-0.2, -0.15) is 0 Å². The molecule has 0 aliphatic carbocycles. The van der Waals surface area contributed by atoms with Crippen molar-refractivity contribution in [1.29, 1.82) is 0 Å². The molecule has 6 heteroatoms.